The van der Waals surface area contributed by atoms with Crippen molar-refractivity contribution in [3.63, 3.8) is 0 Å². The van der Waals surface area contributed by atoms with Gasteiger partial charge in [0.25, 0.3) is 5.91 Å². The number of hydrogen-bond acceptors (Lipinski definition) is 2. The van der Waals surface area contributed by atoms with E-state index in [0.29, 0.717) is 12.1 Å². The normalized spacial score (nSPS) is 14.8. The van der Waals surface area contributed by atoms with Crippen LogP contribution in [0.25, 0.3) is 0 Å². The molecule has 0 bridgehead atoms. The van der Waals surface area contributed by atoms with Gasteiger partial charge in [-0.05, 0) is 12.1 Å². The fourth-order valence-electron chi connectivity index (χ4n) is 1.16. The van der Waals surface area contributed by atoms with Crippen LogP contribution in [0.3, 0.4) is 0 Å². The molecule has 1 aromatic carbocycles. The maximum Gasteiger partial charge on any atom is 0.253 e. The second-order valence-corrected chi connectivity index (χ2v) is 2.54. The number of carbonyl (C=O) groups is 1. The third-order valence-electron chi connectivity index (χ3n) is 1.73. The molecule has 1 aliphatic rings. The molecule has 12 heavy (non-hydrogen) atoms. The van der Waals surface area contributed by atoms with Gasteiger partial charge in [0, 0.05) is 6.21 Å². The average Bonchev–Trinajstić information content (AvgIpc) is 2.29. The highest BCUT2D eigenvalue weighted by molar-refractivity contribution is 6.01. The van der Waals surface area contributed by atoms with Crippen molar-refractivity contribution in [2.75, 3.05) is 6.54 Å². The number of carbonyl (C=O) groups excluding carboxylic acids is 1. The molecule has 0 saturated heterocycles. The Bertz CT molecular complexity index is 344. The molecule has 0 aromatic heterocycles. The standard InChI is InChI=1S/C9H8N2O/c12-9-7-3-1-2-4-8(7)10-5-6-11-9/h1-5H,6H2,(H,11,12). The summed E-state index contributed by atoms with van der Waals surface area (Å²) in [6.45, 7) is 0.507. The zero-order valence-corrected chi connectivity index (χ0v) is 6.45. The second kappa shape index (κ2) is 2.77. The number of fused-ring (bicyclic) bond motifs is 1. The summed E-state index contributed by atoms with van der Waals surface area (Å²) in [5.74, 6) is -0.0527. The number of hydrogen-bond donors (Lipinski definition) is 1. The highest BCUT2D eigenvalue weighted by Crippen LogP contribution is 2.18. The van der Waals surface area contributed by atoms with Crippen LogP contribution < -0.4 is 5.32 Å². The third kappa shape index (κ3) is 1.09. The van der Waals surface area contributed by atoms with E-state index in [4.69, 9.17) is 0 Å². The summed E-state index contributed by atoms with van der Waals surface area (Å²) in [5, 5.41) is 2.71. The van der Waals surface area contributed by atoms with E-state index in [1.54, 1.807) is 12.3 Å². The fourth-order valence-corrected chi connectivity index (χ4v) is 1.16. The van der Waals surface area contributed by atoms with Gasteiger partial charge in [-0.2, -0.15) is 0 Å². The molecule has 3 nitrogen and oxygen atoms in total. The predicted molar refractivity (Wildman–Crippen MR) is 46.9 cm³/mol. The lowest BCUT2D eigenvalue weighted by Crippen LogP contribution is -2.23. The SMILES string of the molecule is O=C1NCC=Nc2ccccc21. The van der Waals surface area contributed by atoms with Gasteiger partial charge in [0.1, 0.15) is 0 Å². The van der Waals surface area contributed by atoms with E-state index in [9.17, 15) is 4.79 Å². The molecule has 0 saturated carbocycles. The smallest absolute Gasteiger partial charge is 0.253 e. The lowest BCUT2D eigenvalue weighted by atomic mass is 10.2. The number of nitrogens with one attached hydrogen (secondary N) is 1. The molecule has 1 N–H and O–H groups in total. The Balaban J connectivity index is 2.56. The van der Waals surface area contributed by atoms with E-state index in [1.807, 2.05) is 18.2 Å². The molecule has 0 unspecified atom stereocenters. The third-order valence-corrected chi connectivity index (χ3v) is 1.73. The quantitative estimate of drug-likeness (QED) is 0.607. The average molecular weight is 160 g/mol. The van der Waals surface area contributed by atoms with Gasteiger partial charge in [-0.1, -0.05) is 12.1 Å². The number of rotatable bonds is 0. The number of amides is 1. The summed E-state index contributed by atoms with van der Waals surface area (Å²) in [4.78, 5) is 15.4. The first-order chi connectivity index (χ1) is 5.88. The van der Waals surface area contributed by atoms with Gasteiger partial charge in [0.05, 0.1) is 17.8 Å². The van der Waals surface area contributed by atoms with E-state index >= 15 is 0 Å². The highest BCUT2D eigenvalue weighted by Gasteiger charge is 2.10. The maximum absolute atomic E-state index is 11.3. The van der Waals surface area contributed by atoms with Crippen LogP contribution in [0, 0.1) is 0 Å². The lowest BCUT2D eigenvalue weighted by molar-refractivity contribution is 0.0961. The van der Waals surface area contributed by atoms with Crippen molar-refractivity contribution in [1.29, 1.82) is 0 Å². The van der Waals surface area contributed by atoms with E-state index in [-0.39, 0.29) is 5.91 Å². The van der Waals surface area contributed by atoms with Crippen LogP contribution in [0.4, 0.5) is 5.69 Å². The molecule has 3 heteroatoms. The van der Waals surface area contributed by atoms with Gasteiger partial charge in [-0.25, -0.2) is 0 Å². The van der Waals surface area contributed by atoms with Crippen LogP contribution in [-0.4, -0.2) is 18.7 Å². The summed E-state index contributed by atoms with van der Waals surface area (Å²) < 4.78 is 0. The van der Waals surface area contributed by atoms with Crippen molar-refractivity contribution in [1.82, 2.24) is 5.32 Å². The van der Waals surface area contributed by atoms with Crippen LogP contribution in [0.5, 0.6) is 0 Å². The van der Waals surface area contributed by atoms with Crippen LogP contribution in [0.15, 0.2) is 29.3 Å². The second-order valence-electron chi connectivity index (χ2n) is 2.54. The predicted octanol–water partition coefficient (Wildman–Crippen LogP) is 1.13. The minimum atomic E-state index is -0.0527. The van der Waals surface area contributed by atoms with Crippen LogP contribution in [0.2, 0.25) is 0 Å². The minimum Gasteiger partial charge on any atom is -0.347 e. The highest BCUT2D eigenvalue weighted by atomic mass is 16.1. The molecule has 60 valence electrons. The largest absolute Gasteiger partial charge is 0.347 e. The summed E-state index contributed by atoms with van der Waals surface area (Å²) in [5.41, 5.74) is 1.39. The van der Waals surface area contributed by atoms with E-state index in [0.717, 1.165) is 5.69 Å². The molecule has 1 aromatic rings. The van der Waals surface area contributed by atoms with Crippen molar-refractivity contribution < 1.29 is 4.79 Å². The van der Waals surface area contributed by atoms with Gasteiger partial charge < -0.3 is 5.32 Å². The van der Waals surface area contributed by atoms with Gasteiger partial charge in [-0.15, -0.1) is 0 Å². The number of para-hydroxylation sites is 1. The Morgan fingerprint density at radius 2 is 2.17 bits per heavy atom. The van der Waals surface area contributed by atoms with Crippen LogP contribution in [0.1, 0.15) is 10.4 Å². The number of aliphatic imine (C=N–C) groups is 1. The number of benzene rings is 1. The zero-order chi connectivity index (χ0) is 8.39. The van der Waals surface area contributed by atoms with Crippen molar-refractivity contribution in [2.24, 2.45) is 4.99 Å². The lowest BCUT2D eigenvalue weighted by Gasteiger charge is -2.00. The van der Waals surface area contributed by atoms with Gasteiger partial charge in [0.2, 0.25) is 0 Å². The zero-order valence-electron chi connectivity index (χ0n) is 6.45. The monoisotopic (exact) mass is 160 g/mol. The first kappa shape index (κ1) is 7.03. The molecule has 0 radical (unpaired) electrons. The summed E-state index contributed by atoms with van der Waals surface area (Å²) in [6, 6.07) is 7.30. The van der Waals surface area contributed by atoms with Crippen LogP contribution in [-0.2, 0) is 0 Å². The molecule has 0 aliphatic carbocycles. The summed E-state index contributed by atoms with van der Waals surface area (Å²) >= 11 is 0. The topological polar surface area (TPSA) is 41.5 Å². The van der Waals surface area contributed by atoms with Gasteiger partial charge >= 0.3 is 0 Å². The minimum absolute atomic E-state index is 0.0527. The van der Waals surface area contributed by atoms with E-state index in [2.05, 4.69) is 10.3 Å². The molecule has 0 atom stereocenters. The van der Waals surface area contributed by atoms with Crippen molar-refractivity contribution in [2.45, 2.75) is 0 Å². The Hall–Kier alpha value is -1.64. The summed E-state index contributed by atoms with van der Waals surface area (Å²) in [7, 11) is 0. The van der Waals surface area contributed by atoms with E-state index in [1.165, 1.54) is 0 Å². The first-order valence-corrected chi connectivity index (χ1v) is 3.78. The Labute approximate surface area is 70.1 Å². The molecule has 2 rings (SSSR count). The molecule has 1 amide bonds. The molecule has 0 spiro atoms. The summed E-state index contributed by atoms with van der Waals surface area (Å²) in [6.07, 6.45) is 1.70. The molecule has 0 fully saturated rings. The molecular weight excluding hydrogens is 152 g/mol. The molecule has 1 aliphatic heterocycles. The van der Waals surface area contributed by atoms with Crippen LogP contribution >= 0.6 is 0 Å². The molecule has 1 heterocycles. The first-order valence-electron chi connectivity index (χ1n) is 3.78. The Morgan fingerprint density at radius 3 is 3.08 bits per heavy atom. The number of nitrogens with zero attached hydrogens (tertiary/aromatic N) is 1. The van der Waals surface area contributed by atoms with Gasteiger partial charge in [-0.3, -0.25) is 9.79 Å². The Morgan fingerprint density at radius 1 is 1.33 bits per heavy atom. The fraction of sp³-hybridized carbons (Fsp3) is 0.111. The van der Waals surface area contributed by atoms with Crippen molar-refractivity contribution in [3.05, 3.63) is 29.8 Å². The molecular formula is C9H8N2O. The van der Waals surface area contributed by atoms with Gasteiger partial charge in [0.15, 0.2) is 0 Å². The maximum atomic E-state index is 11.3. The van der Waals surface area contributed by atoms with Crippen molar-refractivity contribution >= 4 is 17.8 Å². The Kier molecular flexibility index (Phi) is 1.63. The van der Waals surface area contributed by atoms with Crippen molar-refractivity contribution in [3.8, 4) is 0 Å². The van der Waals surface area contributed by atoms with E-state index < -0.39 is 0 Å².